The maximum atomic E-state index is 13.0. The van der Waals surface area contributed by atoms with Gasteiger partial charge in [0.15, 0.2) is 0 Å². The molecule has 140 valence electrons. The number of aryl methyl sites for hydroxylation is 1. The maximum absolute atomic E-state index is 13.0. The molecule has 0 bridgehead atoms. The Kier molecular flexibility index (Phi) is 4.81. The summed E-state index contributed by atoms with van der Waals surface area (Å²) >= 11 is 0. The highest BCUT2D eigenvalue weighted by molar-refractivity contribution is 6.08. The Bertz CT molecular complexity index is 1130. The van der Waals surface area contributed by atoms with Crippen molar-refractivity contribution in [1.29, 1.82) is 0 Å². The van der Waals surface area contributed by atoms with Gasteiger partial charge < -0.3 is 10.1 Å². The van der Waals surface area contributed by atoms with Crippen LogP contribution < -0.4 is 10.1 Å². The van der Waals surface area contributed by atoms with E-state index in [-0.39, 0.29) is 5.91 Å². The van der Waals surface area contributed by atoms with Crippen LogP contribution in [0.1, 0.15) is 21.6 Å². The minimum absolute atomic E-state index is 0.225. The van der Waals surface area contributed by atoms with Crippen LogP contribution >= 0.6 is 0 Å². The minimum atomic E-state index is -0.225. The third-order valence-corrected chi connectivity index (χ3v) is 4.63. The number of benzene rings is 3. The fourth-order valence-electron chi connectivity index (χ4n) is 3.27. The lowest BCUT2D eigenvalue weighted by Gasteiger charge is -2.12. The molecule has 1 aromatic heterocycles. The zero-order valence-corrected chi connectivity index (χ0v) is 15.8. The maximum Gasteiger partial charge on any atom is 0.260 e. The van der Waals surface area contributed by atoms with E-state index >= 15 is 0 Å². The number of amides is 1. The van der Waals surface area contributed by atoms with Gasteiger partial charge in [-0.3, -0.25) is 4.79 Å². The van der Waals surface area contributed by atoms with Crippen molar-refractivity contribution >= 4 is 22.5 Å². The van der Waals surface area contributed by atoms with E-state index in [4.69, 9.17) is 4.74 Å². The molecule has 3 aromatic carbocycles. The van der Waals surface area contributed by atoms with Crippen molar-refractivity contribution in [3.63, 3.8) is 0 Å². The molecule has 0 radical (unpaired) electrons. The largest absolute Gasteiger partial charge is 0.496 e. The average molecular weight is 371 g/mol. The molecule has 0 saturated heterocycles. The second-order valence-electron chi connectivity index (χ2n) is 6.67. The number of nitrogens with one attached hydrogen (secondary N) is 1. The first-order valence-corrected chi connectivity index (χ1v) is 9.10. The molecule has 1 amide bonds. The number of hydrogen-bond donors (Lipinski definition) is 1. The summed E-state index contributed by atoms with van der Waals surface area (Å²) in [5, 5.41) is 9.52. The highest BCUT2D eigenvalue weighted by Gasteiger charge is 2.16. The number of hydrogen-bond acceptors (Lipinski definition) is 3. The van der Waals surface area contributed by atoms with Gasteiger partial charge in [0.25, 0.3) is 5.91 Å². The topological polar surface area (TPSA) is 56.1 Å². The molecule has 4 aromatic rings. The molecule has 5 nitrogen and oxygen atoms in total. The molecule has 0 aliphatic rings. The van der Waals surface area contributed by atoms with Crippen LogP contribution in [0.2, 0.25) is 0 Å². The van der Waals surface area contributed by atoms with Crippen LogP contribution in [0.3, 0.4) is 0 Å². The quantitative estimate of drug-likeness (QED) is 0.555. The van der Waals surface area contributed by atoms with Crippen molar-refractivity contribution < 1.29 is 9.53 Å². The van der Waals surface area contributed by atoms with Gasteiger partial charge in [0, 0.05) is 6.07 Å². The normalized spacial score (nSPS) is 10.8. The van der Waals surface area contributed by atoms with Gasteiger partial charge in [0.2, 0.25) is 0 Å². The van der Waals surface area contributed by atoms with Crippen LogP contribution in [-0.4, -0.2) is 22.8 Å². The van der Waals surface area contributed by atoms with E-state index < -0.39 is 0 Å². The van der Waals surface area contributed by atoms with Crippen molar-refractivity contribution in [2.24, 2.45) is 0 Å². The molecule has 28 heavy (non-hydrogen) atoms. The van der Waals surface area contributed by atoms with Crippen molar-refractivity contribution in [2.75, 3.05) is 12.4 Å². The summed E-state index contributed by atoms with van der Waals surface area (Å²) in [6.45, 7) is 2.49. The average Bonchev–Trinajstić information content (AvgIpc) is 3.06. The number of rotatable bonds is 5. The summed E-state index contributed by atoms with van der Waals surface area (Å²) in [6.07, 6.45) is 0. The Morgan fingerprint density at radius 2 is 1.68 bits per heavy atom. The second kappa shape index (κ2) is 7.56. The van der Waals surface area contributed by atoms with E-state index in [1.165, 1.54) is 0 Å². The van der Waals surface area contributed by atoms with Crippen LogP contribution in [0.5, 0.6) is 5.75 Å². The molecule has 1 N–H and O–H groups in total. The SMILES string of the molecule is COc1cc2ccccc2cc1C(=O)Nc1cc(C)nn1Cc1ccccc1. The molecular formula is C23H21N3O2. The fourth-order valence-corrected chi connectivity index (χ4v) is 3.27. The van der Waals surface area contributed by atoms with E-state index in [9.17, 15) is 4.79 Å². The fraction of sp³-hybridized carbons (Fsp3) is 0.130. The molecular weight excluding hydrogens is 350 g/mol. The number of fused-ring (bicyclic) bond motifs is 1. The Hall–Kier alpha value is -3.60. The Morgan fingerprint density at radius 1 is 1.00 bits per heavy atom. The molecule has 0 fully saturated rings. The zero-order valence-electron chi connectivity index (χ0n) is 15.8. The molecule has 5 heteroatoms. The molecule has 0 unspecified atom stereocenters. The lowest BCUT2D eigenvalue weighted by atomic mass is 10.1. The Morgan fingerprint density at radius 3 is 2.39 bits per heavy atom. The summed E-state index contributed by atoms with van der Waals surface area (Å²) < 4.78 is 7.26. The second-order valence-corrected chi connectivity index (χ2v) is 6.67. The predicted octanol–water partition coefficient (Wildman–Crippen LogP) is 4.65. The van der Waals surface area contributed by atoms with Gasteiger partial charge in [-0.25, -0.2) is 4.68 Å². The first kappa shape index (κ1) is 17.8. The van der Waals surface area contributed by atoms with Crippen molar-refractivity contribution in [3.05, 3.63) is 89.6 Å². The van der Waals surface area contributed by atoms with Crippen molar-refractivity contribution in [1.82, 2.24) is 9.78 Å². The first-order valence-electron chi connectivity index (χ1n) is 9.10. The highest BCUT2D eigenvalue weighted by atomic mass is 16.5. The number of carbonyl (C=O) groups is 1. The monoisotopic (exact) mass is 371 g/mol. The van der Waals surface area contributed by atoms with E-state index in [0.29, 0.717) is 23.7 Å². The molecule has 0 spiro atoms. The van der Waals surface area contributed by atoms with Gasteiger partial charge in [-0.15, -0.1) is 0 Å². The van der Waals surface area contributed by atoms with E-state index in [0.717, 1.165) is 22.0 Å². The Labute approximate surface area is 163 Å². The highest BCUT2D eigenvalue weighted by Crippen LogP contribution is 2.27. The smallest absolute Gasteiger partial charge is 0.260 e. The third kappa shape index (κ3) is 3.60. The van der Waals surface area contributed by atoms with E-state index in [1.807, 2.05) is 79.7 Å². The molecule has 0 aliphatic carbocycles. The molecule has 0 aliphatic heterocycles. The number of methoxy groups -OCH3 is 1. The third-order valence-electron chi connectivity index (χ3n) is 4.63. The summed E-state index contributed by atoms with van der Waals surface area (Å²) in [6, 6.07) is 23.5. The van der Waals surface area contributed by atoms with Crippen LogP contribution in [-0.2, 0) is 6.54 Å². The van der Waals surface area contributed by atoms with Gasteiger partial charge in [0.05, 0.1) is 24.9 Å². The number of carbonyl (C=O) groups excluding carboxylic acids is 1. The number of ether oxygens (including phenoxy) is 1. The van der Waals surface area contributed by atoms with Crippen LogP contribution in [0.25, 0.3) is 10.8 Å². The van der Waals surface area contributed by atoms with Gasteiger partial charge in [-0.05, 0) is 35.4 Å². The number of nitrogens with zero attached hydrogens (tertiary/aromatic N) is 2. The van der Waals surface area contributed by atoms with Crippen LogP contribution in [0.15, 0.2) is 72.8 Å². The van der Waals surface area contributed by atoms with E-state index in [2.05, 4.69) is 10.4 Å². The zero-order chi connectivity index (χ0) is 19.5. The van der Waals surface area contributed by atoms with Crippen LogP contribution in [0.4, 0.5) is 5.82 Å². The van der Waals surface area contributed by atoms with Crippen LogP contribution in [0, 0.1) is 6.92 Å². The number of anilines is 1. The van der Waals surface area contributed by atoms with Crippen molar-refractivity contribution in [2.45, 2.75) is 13.5 Å². The molecule has 0 atom stereocenters. The molecule has 4 rings (SSSR count). The summed E-state index contributed by atoms with van der Waals surface area (Å²) in [5.74, 6) is 0.973. The van der Waals surface area contributed by atoms with Gasteiger partial charge in [-0.2, -0.15) is 5.10 Å². The number of aromatic nitrogens is 2. The molecule has 0 saturated carbocycles. The predicted molar refractivity (Wildman–Crippen MR) is 111 cm³/mol. The lowest BCUT2D eigenvalue weighted by Crippen LogP contribution is -2.17. The van der Waals surface area contributed by atoms with Gasteiger partial charge in [0.1, 0.15) is 11.6 Å². The summed E-state index contributed by atoms with van der Waals surface area (Å²) in [5.41, 5.74) is 2.45. The first-order chi connectivity index (χ1) is 13.6. The lowest BCUT2D eigenvalue weighted by molar-refractivity contribution is 0.102. The summed E-state index contributed by atoms with van der Waals surface area (Å²) in [7, 11) is 1.57. The molecule has 1 heterocycles. The standard InChI is InChI=1S/C23H21N3O2/c1-16-12-22(26(25-16)15-17-8-4-3-5-9-17)24-23(27)20-13-18-10-6-7-11-19(18)14-21(20)28-2/h3-14H,15H2,1-2H3,(H,24,27). The summed E-state index contributed by atoms with van der Waals surface area (Å²) in [4.78, 5) is 13.0. The van der Waals surface area contributed by atoms with Gasteiger partial charge in [-0.1, -0.05) is 54.6 Å². The van der Waals surface area contributed by atoms with Gasteiger partial charge >= 0.3 is 0 Å². The van der Waals surface area contributed by atoms with Crippen molar-refractivity contribution in [3.8, 4) is 5.75 Å². The van der Waals surface area contributed by atoms with E-state index in [1.54, 1.807) is 11.8 Å². The Balaban J connectivity index is 1.65. The minimum Gasteiger partial charge on any atom is -0.496 e.